The molecular weight excluding hydrogens is 565 g/mol. The van der Waals surface area contributed by atoms with Crippen molar-refractivity contribution in [2.24, 2.45) is 0 Å². The van der Waals surface area contributed by atoms with E-state index in [-0.39, 0.29) is 0 Å². The highest BCUT2D eigenvalue weighted by molar-refractivity contribution is 8.00. The zero-order chi connectivity index (χ0) is 29.5. The van der Waals surface area contributed by atoms with Crippen molar-refractivity contribution in [3.8, 4) is 22.5 Å². The Balaban J connectivity index is 1.40. The summed E-state index contributed by atoms with van der Waals surface area (Å²) in [6.45, 7) is 0. The molecule has 7 aromatic rings. The Morgan fingerprint density at radius 1 is 0.622 bits per heavy atom. The van der Waals surface area contributed by atoms with Crippen molar-refractivity contribution in [2.75, 3.05) is 0 Å². The van der Waals surface area contributed by atoms with Crippen LogP contribution in [-0.2, 0) is 6.42 Å². The summed E-state index contributed by atoms with van der Waals surface area (Å²) in [7, 11) is 0. The molecule has 2 atom stereocenters. The van der Waals surface area contributed by atoms with Crippen LogP contribution in [0.25, 0.3) is 61.3 Å². The third kappa shape index (κ3) is 3.59. The van der Waals surface area contributed by atoms with Gasteiger partial charge in [0.1, 0.15) is 0 Å². The smallest absolute Gasteiger partial charge is 0.0800 e. The van der Waals surface area contributed by atoms with Crippen LogP contribution in [-0.4, -0.2) is 14.4 Å². The summed E-state index contributed by atoms with van der Waals surface area (Å²) in [5.74, 6) is 0.358. The predicted molar refractivity (Wildman–Crippen MR) is 191 cm³/mol. The molecule has 5 aromatic carbocycles. The average Bonchev–Trinajstić information content (AvgIpc) is 3.77. The maximum Gasteiger partial charge on any atom is 0.0800 e. The average molecular weight is 595 g/mol. The lowest BCUT2D eigenvalue weighted by atomic mass is 9.87. The van der Waals surface area contributed by atoms with E-state index in [1.165, 1.54) is 76.9 Å². The largest absolute Gasteiger partial charge is 0.311 e. The monoisotopic (exact) mass is 594 g/mol. The molecule has 3 heteroatoms. The second-order valence-corrected chi connectivity index (χ2v) is 13.5. The van der Waals surface area contributed by atoms with Crippen LogP contribution in [0.15, 0.2) is 144 Å². The molecule has 214 valence electrons. The van der Waals surface area contributed by atoms with Crippen LogP contribution in [0.4, 0.5) is 0 Å². The van der Waals surface area contributed by atoms with Crippen molar-refractivity contribution in [2.45, 2.75) is 28.9 Å². The summed E-state index contributed by atoms with van der Waals surface area (Å²) < 4.78 is 5.15. The van der Waals surface area contributed by atoms with Crippen molar-refractivity contribution < 1.29 is 0 Å². The Morgan fingerprint density at radius 3 is 2.16 bits per heavy atom. The molecule has 0 saturated heterocycles. The number of nitrogens with zero attached hydrogens (tertiary/aromatic N) is 2. The highest BCUT2D eigenvalue weighted by atomic mass is 32.2. The van der Waals surface area contributed by atoms with E-state index in [0.717, 1.165) is 12.8 Å². The molecule has 2 aromatic heterocycles. The maximum atomic E-state index is 2.62. The summed E-state index contributed by atoms with van der Waals surface area (Å²) in [4.78, 5) is 1.45. The van der Waals surface area contributed by atoms with Gasteiger partial charge in [-0.1, -0.05) is 115 Å². The van der Waals surface area contributed by atoms with Crippen molar-refractivity contribution in [3.05, 3.63) is 156 Å². The first-order valence-electron chi connectivity index (χ1n) is 15.9. The molecule has 0 spiro atoms. The van der Waals surface area contributed by atoms with Crippen LogP contribution < -0.4 is 0 Å². The van der Waals surface area contributed by atoms with Gasteiger partial charge < -0.3 is 9.13 Å². The van der Waals surface area contributed by atoms with Crippen molar-refractivity contribution >= 4 is 50.5 Å². The summed E-state index contributed by atoms with van der Waals surface area (Å²) >= 11 is 2.06. The van der Waals surface area contributed by atoms with Crippen molar-refractivity contribution in [1.29, 1.82) is 0 Å². The molecule has 2 aliphatic carbocycles. The Labute approximate surface area is 266 Å². The fourth-order valence-corrected chi connectivity index (χ4v) is 9.53. The molecule has 0 N–H and O–H groups in total. The Hall–Kier alpha value is -4.99. The van der Waals surface area contributed by atoms with E-state index in [1.807, 2.05) is 0 Å². The molecule has 2 unspecified atom stereocenters. The van der Waals surface area contributed by atoms with Crippen molar-refractivity contribution in [1.82, 2.24) is 9.13 Å². The Bertz CT molecular complexity index is 2390. The predicted octanol–water partition coefficient (Wildman–Crippen LogP) is 11.0. The van der Waals surface area contributed by atoms with Gasteiger partial charge in [-0.15, -0.1) is 11.8 Å². The fraction of sp³-hybridized carbons (Fsp3) is 0.0952. The van der Waals surface area contributed by atoms with Gasteiger partial charge >= 0.3 is 0 Å². The highest BCUT2D eigenvalue weighted by Crippen LogP contribution is 2.58. The summed E-state index contributed by atoms with van der Waals surface area (Å²) in [6.07, 6.45) is 16.2. The molecule has 0 saturated carbocycles. The van der Waals surface area contributed by atoms with E-state index in [2.05, 4.69) is 167 Å². The van der Waals surface area contributed by atoms with Crippen molar-refractivity contribution in [3.63, 3.8) is 0 Å². The number of hydrogen-bond donors (Lipinski definition) is 0. The maximum absolute atomic E-state index is 2.62. The molecule has 0 radical (unpaired) electrons. The number of hydrogen-bond acceptors (Lipinski definition) is 1. The highest BCUT2D eigenvalue weighted by Gasteiger charge is 2.39. The molecule has 10 rings (SSSR count). The van der Waals surface area contributed by atoms with Gasteiger partial charge in [-0.25, -0.2) is 0 Å². The van der Waals surface area contributed by atoms with E-state index in [9.17, 15) is 0 Å². The first-order chi connectivity index (χ1) is 22.4. The molecular formula is C42H30N2S. The van der Waals surface area contributed by atoms with Crippen LogP contribution in [0.3, 0.4) is 0 Å². The zero-order valence-electron chi connectivity index (χ0n) is 24.7. The lowest BCUT2D eigenvalue weighted by Gasteiger charge is -2.17. The van der Waals surface area contributed by atoms with E-state index in [4.69, 9.17) is 0 Å². The van der Waals surface area contributed by atoms with Gasteiger partial charge in [0.25, 0.3) is 0 Å². The Morgan fingerprint density at radius 2 is 1.31 bits per heavy atom. The van der Waals surface area contributed by atoms with Crippen LogP contribution in [0.1, 0.15) is 29.2 Å². The minimum atomic E-state index is 0.358. The van der Waals surface area contributed by atoms with E-state index >= 15 is 0 Å². The normalized spacial score (nSPS) is 18.1. The van der Waals surface area contributed by atoms with Gasteiger partial charge in [0, 0.05) is 54.9 Å². The van der Waals surface area contributed by atoms with Gasteiger partial charge in [0.05, 0.1) is 16.6 Å². The number of para-hydroxylation sites is 2. The summed E-state index contributed by atoms with van der Waals surface area (Å²) in [5, 5.41) is 4.55. The van der Waals surface area contributed by atoms with Gasteiger partial charge in [-0.3, -0.25) is 0 Å². The second-order valence-electron chi connectivity index (χ2n) is 12.3. The van der Waals surface area contributed by atoms with E-state index in [1.54, 1.807) is 0 Å². The van der Waals surface area contributed by atoms with Gasteiger partial charge in [-0.2, -0.15) is 0 Å². The van der Waals surface area contributed by atoms with Crippen LogP contribution in [0.5, 0.6) is 0 Å². The number of rotatable bonds is 3. The summed E-state index contributed by atoms with van der Waals surface area (Å²) in [5.41, 5.74) is 13.1. The standard InChI is InChI=1S/C42H30N2S/c1-3-13-27(14-4-1)28-23-25-30(26-24-28)44-34-20-10-7-17-31(34)37-38-33-19-9-12-22-36(33)45-42(38)39-32-18-8-11-21-35(32)43(41(39)40(37)44)29-15-5-2-6-16-29/h1-9,11-19,21-26,33,36H,10,20H2. The van der Waals surface area contributed by atoms with E-state index in [0.29, 0.717) is 11.2 Å². The number of aromatic nitrogens is 2. The van der Waals surface area contributed by atoms with Gasteiger partial charge in [0.2, 0.25) is 0 Å². The minimum Gasteiger partial charge on any atom is -0.311 e. The molecule has 1 aliphatic heterocycles. The molecule has 3 aliphatic rings. The lowest BCUT2D eigenvalue weighted by Crippen LogP contribution is -2.07. The molecule has 2 nitrogen and oxygen atoms in total. The third-order valence-electron chi connectivity index (χ3n) is 9.90. The number of thioether (sulfide) groups is 1. The summed E-state index contributed by atoms with van der Waals surface area (Å²) in [6, 6.07) is 39.9. The van der Waals surface area contributed by atoms with Gasteiger partial charge in [0.15, 0.2) is 0 Å². The van der Waals surface area contributed by atoms with Crippen LogP contribution in [0, 0.1) is 0 Å². The number of allylic oxidation sites excluding steroid dienone is 4. The van der Waals surface area contributed by atoms with Gasteiger partial charge in [-0.05, 0) is 59.9 Å². The molecule has 45 heavy (non-hydrogen) atoms. The number of fused-ring (bicyclic) bond motifs is 12. The quantitative estimate of drug-likeness (QED) is 0.198. The molecule has 3 heterocycles. The minimum absolute atomic E-state index is 0.358. The molecule has 0 bridgehead atoms. The van der Waals surface area contributed by atoms with E-state index < -0.39 is 0 Å². The topological polar surface area (TPSA) is 9.86 Å². The number of benzene rings is 5. The third-order valence-corrected chi connectivity index (χ3v) is 11.3. The second kappa shape index (κ2) is 9.76. The van der Waals surface area contributed by atoms with Crippen LogP contribution >= 0.6 is 11.8 Å². The van der Waals surface area contributed by atoms with Crippen LogP contribution in [0.2, 0.25) is 0 Å². The SMILES string of the molecule is C1=CC2Sc3c(c4c5c(n(-c6ccc(-c7ccccc7)cc6)c4c4c3c3ccccc3n4-c3ccccc3)CCC=C5)C2C=C1. The zero-order valence-corrected chi connectivity index (χ0v) is 25.5. The fourth-order valence-electron chi connectivity index (χ4n) is 8.03. The first-order valence-corrected chi connectivity index (χ1v) is 16.8. The Kier molecular flexibility index (Phi) is 5.50. The first kappa shape index (κ1) is 25.3. The lowest BCUT2D eigenvalue weighted by molar-refractivity contribution is 0.888. The molecule has 0 amide bonds. The molecule has 0 fully saturated rings.